The van der Waals surface area contributed by atoms with Crippen molar-refractivity contribution in [2.75, 3.05) is 0 Å². The first-order valence-electron chi connectivity index (χ1n) is 5.47. The molecular weight excluding hydrogens is 218 g/mol. The molecule has 88 valence electrons. The molecule has 2 aromatic rings. The first-order valence-corrected chi connectivity index (χ1v) is 5.47. The number of nitrogens with zero attached hydrogens (tertiary/aromatic N) is 2. The van der Waals surface area contributed by atoms with Crippen molar-refractivity contribution < 1.29 is 0 Å². The standard InChI is InChI=1S/C12H13N3O2/c1-2-6-15-10(7-11(16)14-12(15)17)9-4-3-5-13-8-9/h3-5,7-8H,2,6H2,1H3,(H,14,16,17). The third-order valence-corrected chi connectivity index (χ3v) is 2.44. The molecule has 0 bridgehead atoms. The zero-order valence-electron chi connectivity index (χ0n) is 9.51. The van der Waals surface area contributed by atoms with E-state index in [0.717, 1.165) is 12.0 Å². The quantitative estimate of drug-likeness (QED) is 0.857. The number of H-pyrrole nitrogens is 1. The Morgan fingerprint density at radius 2 is 2.24 bits per heavy atom. The van der Waals surface area contributed by atoms with Crippen molar-refractivity contribution in [3.05, 3.63) is 51.4 Å². The van der Waals surface area contributed by atoms with Crippen LogP contribution in [0.2, 0.25) is 0 Å². The Hall–Kier alpha value is -2.17. The van der Waals surface area contributed by atoms with E-state index in [-0.39, 0.29) is 11.2 Å². The van der Waals surface area contributed by atoms with Crippen molar-refractivity contribution in [2.24, 2.45) is 0 Å². The Balaban J connectivity index is 2.67. The van der Waals surface area contributed by atoms with E-state index >= 15 is 0 Å². The summed E-state index contributed by atoms with van der Waals surface area (Å²) in [7, 11) is 0. The van der Waals surface area contributed by atoms with Gasteiger partial charge in [0.25, 0.3) is 5.56 Å². The monoisotopic (exact) mass is 231 g/mol. The number of aromatic nitrogens is 3. The summed E-state index contributed by atoms with van der Waals surface area (Å²) in [5.74, 6) is 0. The molecule has 0 aliphatic rings. The topological polar surface area (TPSA) is 67.8 Å². The lowest BCUT2D eigenvalue weighted by atomic mass is 10.2. The van der Waals surface area contributed by atoms with Crippen LogP contribution >= 0.6 is 0 Å². The largest absolute Gasteiger partial charge is 0.328 e. The van der Waals surface area contributed by atoms with Gasteiger partial charge in [-0.2, -0.15) is 0 Å². The fourth-order valence-corrected chi connectivity index (χ4v) is 1.72. The number of hydrogen-bond acceptors (Lipinski definition) is 3. The molecule has 0 atom stereocenters. The molecule has 0 aromatic carbocycles. The van der Waals surface area contributed by atoms with Crippen LogP contribution < -0.4 is 11.2 Å². The highest BCUT2D eigenvalue weighted by Gasteiger charge is 2.07. The van der Waals surface area contributed by atoms with Gasteiger partial charge in [-0.25, -0.2) is 4.79 Å². The highest BCUT2D eigenvalue weighted by molar-refractivity contribution is 5.57. The summed E-state index contributed by atoms with van der Waals surface area (Å²) in [6.07, 6.45) is 4.11. The second-order valence-electron chi connectivity index (χ2n) is 3.72. The van der Waals surface area contributed by atoms with Crippen LogP contribution in [0.5, 0.6) is 0 Å². The molecule has 0 spiro atoms. The van der Waals surface area contributed by atoms with Crippen molar-refractivity contribution in [1.82, 2.24) is 14.5 Å². The minimum atomic E-state index is -0.388. The Morgan fingerprint density at radius 1 is 1.41 bits per heavy atom. The van der Waals surface area contributed by atoms with Crippen molar-refractivity contribution in [3.8, 4) is 11.3 Å². The van der Waals surface area contributed by atoms with Gasteiger partial charge < -0.3 is 0 Å². The Kier molecular flexibility index (Phi) is 3.18. The predicted molar refractivity (Wildman–Crippen MR) is 64.8 cm³/mol. The molecule has 2 rings (SSSR count). The Morgan fingerprint density at radius 3 is 2.88 bits per heavy atom. The van der Waals surface area contributed by atoms with E-state index in [2.05, 4.69) is 9.97 Å². The van der Waals surface area contributed by atoms with Crippen LogP contribution in [0.4, 0.5) is 0 Å². The second kappa shape index (κ2) is 4.78. The molecule has 0 unspecified atom stereocenters. The summed E-state index contributed by atoms with van der Waals surface area (Å²) in [5.41, 5.74) is 0.609. The van der Waals surface area contributed by atoms with E-state index in [1.54, 1.807) is 23.0 Å². The molecule has 0 radical (unpaired) electrons. The zero-order chi connectivity index (χ0) is 12.3. The Bertz CT molecular complexity index is 614. The third kappa shape index (κ3) is 2.33. The third-order valence-electron chi connectivity index (χ3n) is 2.44. The van der Waals surface area contributed by atoms with Crippen LogP contribution in [0.3, 0.4) is 0 Å². The predicted octanol–water partition coefficient (Wildman–Crippen LogP) is 1.01. The average Bonchev–Trinajstić information content (AvgIpc) is 2.33. The number of pyridine rings is 1. The molecular formula is C12H13N3O2. The molecule has 0 aliphatic heterocycles. The van der Waals surface area contributed by atoms with Gasteiger partial charge in [-0.1, -0.05) is 6.92 Å². The lowest BCUT2D eigenvalue weighted by molar-refractivity contribution is 0.639. The maximum Gasteiger partial charge on any atom is 0.328 e. The summed E-state index contributed by atoms with van der Waals surface area (Å²) < 4.78 is 1.55. The van der Waals surface area contributed by atoms with E-state index in [4.69, 9.17) is 0 Å². The molecule has 0 saturated carbocycles. The maximum absolute atomic E-state index is 11.7. The number of rotatable bonds is 3. The fourth-order valence-electron chi connectivity index (χ4n) is 1.72. The van der Waals surface area contributed by atoms with Gasteiger partial charge in [-0.15, -0.1) is 0 Å². The van der Waals surface area contributed by atoms with Crippen LogP contribution in [-0.2, 0) is 6.54 Å². The SMILES string of the molecule is CCCn1c(-c2cccnc2)cc(=O)[nH]c1=O. The molecule has 0 aliphatic carbocycles. The minimum absolute atomic E-state index is 0.377. The number of nitrogens with one attached hydrogen (secondary N) is 1. The van der Waals surface area contributed by atoms with Crippen LogP contribution in [0, 0.1) is 0 Å². The van der Waals surface area contributed by atoms with Gasteiger partial charge >= 0.3 is 5.69 Å². The van der Waals surface area contributed by atoms with E-state index in [1.807, 2.05) is 13.0 Å². The van der Waals surface area contributed by atoms with Crippen molar-refractivity contribution in [2.45, 2.75) is 19.9 Å². The van der Waals surface area contributed by atoms with E-state index < -0.39 is 0 Å². The molecule has 0 fully saturated rings. The molecule has 5 heteroatoms. The number of hydrogen-bond donors (Lipinski definition) is 1. The highest BCUT2D eigenvalue weighted by Crippen LogP contribution is 2.14. The molecule has 0 amide bonds. The Labute approximate surface area is 97.8 Å². The van der Waals surface area contributed by atoms with Crippen LogP contribution in [0.15, 0.2) is 40.2 Å². The molecule has 5 nitrogen and oxygen atoms in total. The van der Waals surface area contributed by atoms with Crippen molar-refractivity contribution in [1.29, 1.82) is 0 Å². The van der Waals surface area contributed by atoms with Crippen molar-refractivity contribution >= 4 is 0 Å². The van der Waals surface area contributed by atoms with Gasteiger partial charge in [0, 0.05) is 30.6 Å². The zero-order valence-corrected chi connectivity index (χ0v) is 9.51. The van der Waals surface area contributed by atoms with E-state index in [0.29, 0.717) is 12.2 Å². The average molecular weight is 231 g/mol. The van der Waals surface area contributed by atoms with Gasteiger partial charge in [-0.3, -0.25) is 19.3 Å². The normalized spacial score (nSPS) is 10.4. The molecule has 1 N–H and O–H groups in total. The molecule has 17 heavy (non-hydrogen) atoms. The first-order chi connectivity index (χ1) is 8.22. The smallest absolute Gasteiger partial charge is 0.293 e. The highest BCUT2D eigenvalue weighted by atomic mass is 16.2. The van der Waals surface area contributed by atoms with Crippen LogP contribution in [0.1, 0.15) is 13.3 Å². The van der Waals surface area contributed by atoms with Gasteiger partial charge in [0.1, 0.15) is 0 Å². The van der Waals surface area contributed by atoms with E-state index in [9.17, 15) is 9.59 Å². The summed E-state index contributed by atoms with van der Waals surface area (Å²) in [4.78, 5) is 29.3. The summed E-state index contributed by atoms with van der Waals surface area (Å²) in [5, 5.41) is 0. The second-order valence-corrected chi connectivity index (χ2v) is 3.72. The van der Waals surface area contributed by atoms with Crippen LogP contribution in [0.25, 0.3) is 11.3 Å². The molecule has 2 aromatic heterocycles. The van der Waals surface area contributed by atoms with E-state index in [1.165, 1.54) is 6.07 Å². The lowest BCUT2D eigenvalue weighted by Crippen LogP contribution is -2.30. The van der Waals surface area contributed by atoms with Crippen molar-refractivity contribution in [3.63, 3.8) is 0 Å². The molecule has 2 heterocycles. The summed E-state index contributed by atoms with van der Waals surface area (Å²) in [6, 6.07) is 5.03. The number of aromatic amines is 1. The summed E-state index contributed by atoms with van der Waals surface area (Å²) >= 11 is 0. The van der Waals surface area contributed by atoms with Gasteiger partial charge in [0.05, 0.1) is 5.69 Å². The fraction of sp³-hybridized carbons (Fsp3) is 0.250. The minimum Gasteiger partial charge on any atom is -0.293 e. The van der Waals surface area contributed by atoms with Crippen LogP contribution in [-0.4, -0.2) is 14.5 Å². The summed E-state index contributed by atoms with van der Waals surface area (Å²) in [6.45, 7) is 2.55. The maximum atomic E-state index is 11.7. The van der Waals surface area contributed by atoms with Gasteiger partial charge in [0.2, 0.25) is 0 Å². The molecule has 0 saturated heterocycles. The lowest BCUT2D eigenvalue weighted by Gasteiger charge is -2.10. The van der Waals surface area contributed by atoms with Gasteiger partial charge in [0.15, 0.2) is 0 Å². The van der Waals surface area contributed by atoms with Gasteiger partial charge in [-0.05, 0) is 18.6 Å². The first kappa shape index (κ1) is 11.3.